The molecule has 0 bridgehead atoms. The van der Waals surface area contributed by atoms with E-state index in [2.05, 4.69) is 78.1 Å². The zero-order chi connectivity index (χ0) is 43.7. The number of benzene rings is 1. The maximum Gasteiger partial charge on any atom is 0.316 e. The van der Waals surface area contributed by atoms with Gasteiger partial charge in [0.2, 0.25) is 0 Å². The Balaban J connectivity index is 0.000000306. The first kappa shape index (κ1) is 51.1. The van der Waals surface area contributed by atoms with E-state index in [1.165, 1.54) is 56.5 Å². The Morgan fingerprint density at radius 3 is 1.46 bits per heavy atom. The number of esters is 3. The predicted molar refractivity (Wildman–Crippen MR) is 242 cm³/mol. The van der Waals surface area contributed by atoms with E-state index in [1.54, 1.807) is 0 Å². The predicted octanol–water partition coefficient (Wildman–Crippen LogP) is 13.0. The van der Waals surface area contributed by atoms with Crippen molar-refractivity contribution in [2.75, 3.05) is 21.3 Å². The number of allylic oxidation sites excluding steroid dienone is 6. The molecule has 7 heteroatoms. The van der Waals surface area contributed by atoms with Gasteiger partial charge in [-0.05, 0) is 122 Å². The topological polar surface area (TPSA) is 96.0 Å². The highest BCUT2D eigenvalue weighted by Crippen LogP contribution is 2.39. The number of ether oxygens (including phenoxy) is 3. The molecule has 7 nitrogen and oxygen atoms in total. The van der Waals surface area contributed by atoms with Crippen molar-refractivity contribution in [2.24, 2.45) is 29.6 Å². The van der Waals surface area contributed by atoms with Crippen molar-refractivity contribution in [3.63, 3.8) is 0 Å². The van der Waals surface area contributed by atoms with Gasteiger partial charge < -0.3 is 14.2 Å². The van der Waals surface area contributed by atoms with Crippen LogP contribution in [0.1, 0.15) is 162 Å². The summed E-state index contributed by atoms with van der Waals surface area (Å²) in [4.78, 5) is 48.6. The summed E-state index contributed by atoms with van der Waals surface area (Å²) in [5, 5.41) is 0. The van der Waals surface area contributed by atoms with E-state index in [9.17, 15) is 19.2 Å². The van der Waals surface area contributed by atoms with E-state index in [4.69, 9.17) is 14.2 Å². The minimum Gasteiger partial charge on any atom is -0.469 e. The van der Waals surface area contributed by atoms with Crippen LogP contribution in [0, 0.1) is 29.6 Å². The van der Waals surface area contributed by atoms with Crippen LogP contribution in [-0.2, 0) is 33.4 Å². The first-order valence-corrected chi connectivity index (χ1v) is 22.5. The van der Waals surface area contributed by atoms with Crippen molar-refractivity contribution < 1.29 is 33.4 Å². The van der Waals surface area contributed by atoms with Gasteiger partial charge in [0.05, 0.1) is 33.2 Å². The van der Waals surface area contributed by atoms with Crippen LogP contribution in [0.3, 0.4) is 0 Å². The molecule has 1 aromatic carbocycles. The van der Waals surface area contributed by atoms with E-state index in [0.717, 1.165) is 107 Å². The highest BCUT2D eigenvalue weighted by molar-refractivity contribution is 5.99. The second-order valence-electron chi connectivity index (χ2n) is 17.0. The maximum atomic E-state index is 12.3. The van der Waals surface area contributed by atoms with Crippen molar-refractivity contribution in [1.29, 1.82) is 0 Å². The smallest absolute Gasteiger partial charge is 0.316 e. The van der Waals surface area contributed by atoms with Crippen molar-refractivity contribution in [3.8, 4) is 0 Å². The molecular weight excluding hydrogens is 737 g/mol. The highest BCUT2D eigenvalue weighted by Gasteiger charge is 2.36. The van der Waals surface area contributed by atoms with Crippen LogP contribution in [0.5, 0.6) is 0 Å². The molecule has 0 unspecified atom stereocenters. The summed E-state index contributed by atoms with van der Waals surface area (Å²) in [6.45, 7) is 19.1. The number of carbonyl (C=O) groups excluding carboxylic acids is 4. The number of Topliss-reactive ketones (excluding diaryl/α,β-unsaturated/α-hetero) is 1. The van der Waals surface area contributed by atoms with Crippen molar-refractivity contribution in [3.05, 3.63) is 95.1 Å². The van der Waals surface area contributed by atoms with Crippen molar-refractivity contribution in [2.45, 2.75) is 156 Å². The SMILES string of the molecule is C=C1CC/C=C(\C)CC[C@H](CCCC)[C@H]1C(=O)OC.C=C1CC/C=C(\C)CC[C@H](c2ccccc2)[C@H]1C(=O)OC.CCCC[C@H]1CC/C(C)=C\CCC(=O)[C@@H]1C(=O)OC. The first-order chi connectivity index (χ1) is 28.3. The number of rotatable bonds is 10. The monoisotopic (exact) mass is 815 g/mol. The zero-order valence-corrected chi connectivity index (χ0v) is 38.1. The van der Waals surface area contributed by atoms with E-state index >= 15 is 0 Å². The third-order valence-corrected chi connectivity index (χ3v) is 12.5. The molecule has 0 saturated carbocycles. The largest absolute Gasteiger partial charge is 0.469 e. The van der Waals surface area contributed by atoms with Gasteiger partial charge in [-0.2, -0.15) is 0 Å². The molecule has 6 atom stereocenters. The van der Waals surface area contributed by atoms with E-state index in [0.29, 0.717) is 12.3 Å². The number of unbranched alkanes of at least 4 members (excludes halogenated alkanes) is 2. The van der Waals surface area contributed by atoms with Gasteiger partial charge in [-0.1, -0.05) is 129 Å². The standard InChI is InChI=1S/C19H24O2.C17H28O2.C16H26O3/c1-14-8-7-9-15(2)18(19(20)21-3)17(13-12-14)16-10-5-4-6-11-16;1-5-6-10-15-12-11-13(2)8-7-9-14(3)16(15)17(18)19-4;1-4-5-8-13-11-10-12(2)7-6-9-14(17)15(13)16(18)19-3/h4-6,8,10-11,17-18H,2,7,9,12-13H2,1,3H3;8,15-16H,3,5-7,9-12H2,1-2,4H3;7,13,15H,4-6,8-11H2,1-3H3/b14-8+;13-8+;12-7-/t17-,18+;15-,16-;13-,15+/m100/s1. The van der Waals surface area contributed by atoms with Crippen LogP contribution in [0.4, 0.5) is 0 Å². The maximum absolute atomic E-state index is 12.3. The van der Waals surface area contributed by atoms with Crippen LogP contribution in [0.15, 0.2) is 89.6 Å². The lowest BCUT2D eigenvalue weighted by atomic mass is 9.78. The first-order valence-electron chi connectivity index (χ1n) is 22.5. The molecular formula is C52H78O7. The molecule has 1 aromatic rings. The molecule has 0 aromatic heterocycles. The average molecular weight is 815 g/mol. The Morgan fingerprint density at radius 1 is 0.576 bits per heavy atom. The van der Waals surface area contributed by atoms with Gasteiger partial charge in [-0.15, -0.1) is 0 Å². The fourth-order valence-electron chi connectivity index (χ4n) is 8.84. The molecule has 3 aliphatic rings. The number of methoxy groups -OCH3 is 3. The highest BCUT2D eigenvalue weighted by atomic mass is 16.5. The van der Waals surface area contributed by atoms with Gasteiger partial charge in [-0.25, -0.2) is 0 Å². The number of hydrogen-bond donors (Lipinski definition) is 0. The van der Waals surface area contributed by atoms with Crippen molar-refractivity contribution in [1.82, 2.24) is 0 Å². The summed E-state index contributed by atoms with van der Waals surface area (Å²) >= 11 is 0. The summed E-state index contributed by atoms with van der Waals surface area (Å²) in [5.41, 5.74) is 7.41. The van der Waals surface area contributed by atoms with Gasteiger partial charge in [0, 0.05) is 12.3 Å². The molecule has 328 valence electrons. The Labute approximate surface area is 358 Å². The molecule has 0 N–H and O–H groups in total. The Hall–Kier alpha value is -4.00. The second kappa shape index (κ2) is 28.5. The lowest BCUT2D eigenvalue weighted by Gasteiger charge is -2.27. The molecule has 59 heavy (non-hydrogen) atoms. The van der Waals surface area contributed by atoms with Gasteiger partial charge >= 0.3 is 17.9 Å². The molecule has 0 radical (unpaired) electrons. The molecule has 0 saturated heterocycles. The molecule has 0 spiro atoms. The van der Waals surface area contributed by atoms with Crippen LogP contribution < -0.4 is 0 Å². The summed E-state index contributed by atoms with van der Waals surface area (Å²) in [7, 11) is 4.33. The fourth-order valence-corrected chi connectivity index (χ4v) is 8.84. The zero-order valence-electron chi connectivity index (χ0n) is 38.1. The molecule has 0 fully saturated rings. The molecule has 0 amide bonds. The number of ketones is 1. The summed E-state index contributed by atoms with van der Waals surface area (Å²) in [6, 6.07) is 10.3. The van der Waals surface area contributed by atoms with E-state index < -0.39 is 5.92 Å². The summed E-state index contributed by atoms with van der Waals surface area (Å²) < 4.78 is 14.9. The molecule has 0 heterocycles. The fraction of sp³-hybridized carbons (Fsp3) is 0.615. The van der Waals surface area contributed by atoms with Crippen LogP contribution in [0.2, 0.25) is 0 Å². The quantitative estimate of drug-likeness (QED) is 0.100. The number of carbonyl (C=O) groups is 4. The lowest BCUT2D eigenvalue weighted by Crippen LogP contribution is -2.32. The second-order valence-corrected chi connectivity index (χ2v) is 17.0. The van der Waals surface area contributed by atoms with Gasteiger partial charge in [0.15, 0.2) is 0 Å². The minimum atomic E-state index is -0.546. The van der Waals surface area contributed by atoms with Gasteiger partial charge in [0.25, 0.3) is 0 Å². The Kier molecular flexibility index (Phi) is 24.7. The van der Waals surface area contributed by atoms with E-state index in [-0.39, 0.29) is 47.4 Å². The third kappa shape index (κ3) is 17.6. The normalized spacial score (nSPS) is 27.1. The van der Waals surface area contributed by atoms with Crippen LogP contribution in [0.25, 0.3) is 0 Å². The van der Waals surface area contributed by atoms with Gasteiger partial charge in [-0.3, -0.25) is 19.2 Å². The molecule has 4 rings (SSSR count). The third-order valence-electron chi connectivity index (χ3n) is 12.5. The van der Waals surface area contributed by atoms with Crippen LogP contribution >= 0.6 is 0 Å². The summed E-state index contributed by atoms with van der Waals surface area (Å²) in [6.07, 6.45) is 24.2. The van der Waals surface area contributed by atoms with E-state index in [1.807, 2.05) is 18.2 Å². The van der Waals surface area contributed by atoms with Gasteiger partial charge in [0.1, 0.15) is 11.7 Å². The van der Waals surface area contributed by atoms with Crippen molar-refractivity contribution >= 4 is 23.7 Å². The minimum absolute atomic E-state index is 0.0545. The summed E-state index contributed by atoms with van der Waals surface area (Å²) in [5.74, 6) is -0.748. The van der Waals surface area contributed by atoms with Crippen LogP contribution in [-0.4, -0.2) is 45.0 Å². The Bertz CT molecular complexity index is 1510. The Morgan fingerprint density at radius 2 is 0.983 bits per heavy atom. The molecule has 0 aliphatic heterocycles. The molecule has 3 aliphatic carbocycles. The number of hydrogen-bond acceptors (Lipinski definition) is 7. The lowest BCUT2D eigenvalue weighted by molar-refractivity contribution is -0.152. The average Bonchev–Trinajstić information content (AvgIpc) is 3.39.